The molecule has 1 aromatic carbocycles. The van der Waals surface area contributed by atoms with Gasteiger partial charge >= 0.3 is 0 Å². The Kier molecular flexibility index (Phi) is 5.27. The molecule has 5 nitrogen and oxygen atoms in total. The van der Waals surface area contributed by atoms with E-state index in [1.807, 2.05) is 6.92 Å². The summed E-state index contributed by atoms with van der Waals surface area (Å²) in [6, 6.07) is 9.38. The molecule has 0 saturated carbocycles. The van der Waals surface area contributed by atoms with Gasteiger partial charge in [0.05, 0.1) is 10.3 Å². The van der Waals surface area contributed by atoms with Crippen molar-refractivity contribution in [2.45, 2.75) is 24.7 Å². The van der Waals surface area contributed by atoms with E-state index in [2.05, 4.69) is 5.32 Å². The lowest BCUT2D eigenvalue weighted by Crippen LogP contribution is -2.22. The molecule has 0 spiro atoms. The van der Waals surface area contributed by atoms with Crippen LogP contribution in [0, 0.1) is 11.3 Å². The quantitative estimate of drug-likeness (QED) is 0.831. The highest BCUT2D eigenvalue weighted by atomic mass is 32.2. The van der Waals surface area contributed by atoms with Crippen LogP contribution < -0.4 is 5.32 Å². The van der Waals surface area contributed by atoms with Crippen LogP contribution >= 0.6 is 0 Å². The minimum absolute atomic E-state index is 0.0764. The molecular weight excluding hydrogens is 264 g/mol. The van der Waals surface area contributed by atoms with E-state index in [4.69, 9.17) is 5.26 Å². The number of benzene rings is 1. The summed E-state index contributed by atoms with van der Waals surface area (Å²) >= 11 is 0. The molecule has 0 aliphatic heterocycles. The number of rotatable bonds is 5. The maximum atomic E-state index is 12.0. The molecule has 1 amide bonds. The molecule has 0 unspecified atom stereocenters. The molecule has 6 heteroatoms. The normalized spacial score (nSPS) is 11.7. The van der Waals surface area contributed by atoms with Gasteiger partial charge in [-0.1, -0.05) is 25.1 Å². The standard InChI is InChI=1S/C13H14N2O3S/c1-2-6-13(16)15-11(9-14)10-19(17,18)12-7-4-3-5-8-12/h3-5,7-8,10H,2,6H2,1H3,(H,15,16). The zero-order valence-electron chi connectivity index (χ0n) is 10.5. The number of carbonyl (C=O) groups excluding carboxylic acids is 1. The Labute approximate surface area is 112 Å². The van der Waals surface area contributed by atoms with Gasteiger partial charge in [-0.2, -0.15) is 5.26 Å². The molecule has 0 fully saturated rings. The topological polar surface area (TPSA) is 87.0 Å². The Morgan fingerprint density at radius 2 is 2.00 bits per heavy atom. The second-order valence-electron chi connectivity index (χ2n) is 3.80. The Balaban J connectivity index is 2.99. The van der Waals surface area contributed by atoms with Crippen molar-refractivity contribution >= 4 is 15.7 Å². The maximum absolute atomic E-state index is 12.0. The van der Waals surface area contributed by atoms with Crippen LogP contribution in [0.15, 0.2) is 46.3 Å². The highest BCUT2D eigenvalue weighted by Crippen LogP contribution is 2.12. The van der Waals surface area contributed by atoms with Gasteiger partial charge in [0.15, 0.2) is 0 Å². The second-order valence-corrected chi connectivity index (χ2v) is 5.60. The van der Waals surface area contributed by atoms with Crippen LogP contribution in [-0.2, 0) is 14.6 Å². The number of hydrogen-bond donors (Lipinski definition) is 1. The first-order chi connectivity index (χ1) is 8.99. The number of carbonyl (C=O) groups is 1. The number of hydrogen-bond acceptors (Lipinski definition) is 4. The van der Waals surface area contributed by atoms with Crippen LogP contribution in [0.1, 0.15) is 19.8 Å². The van der Waals surface area contributed by atoms with Gasteiger partial charge in [0.25, 0.3) is 0 Å². The SMILES string of the molecule is CCCC(=O)NC(C#N)=CS(=O)(=O)c1ccccc1. The average molecular weight is 278 g/mol. The number of sulfone groups is 1. The molecule has 0 aromatic heterocycles. The van der Waals surface area contributed by atoms with E-state index in [1.165, 1.54) is 12.1 Å². The monoisotopic (exact) mass is 278 g/mol. The Morgan fingerprint density at radius 3 is 2.53 bits per heavy atom. The number of allylic oxidation sites excluding steroid dienone is 1. The first kappa shape index (κ1) is 14.9. The summed E-state index contributed by atoms with van der Waals surface area (Å²) in [6.45, 7) is 1.82. The van der Waals surface area contributed by atoms with Crippen LogP contribution in [0.25, 0.3) is 0 Å². The fourth-order valence-corrected chi connectivity index (χ4v) is 2.45. The lowest BCUT2D eigenvalue weighted by molar-refractivity contribution is -0.120. The number of nitriles is 1. The molecule has 0 radical (unpaired) electrons. The fourth-order valence-electron chi connectivity index (χ4n) is 1.36. The summed E-state index contributed by atoms with van der Waals surface area (Å²) in [6.07, 6.45) is 0.861. The third kappa shape index (κ3) is 4.56. The van der Waals surface area contributed by atoms with Gasteiger partial charge in [-0.3, -0.25) is 4.79 Å². The van der Waals surface area contributed by atoms with Crippen molar-refractivity contribution in [3.05, 3.63) is 41.4 Å². The summed E-state index contributed by atoms with van der Waals surface area (Å²) in [5.74, 6) is -0.376. The largest absolute Gasteiger partial charge is 0.317 e. The molecule has 0 aliphatic carbocycles. The molecule has 19 heavy (non-hydrogen) atoms. The van der Waals surface area contributed by atoms with Crippen molar-refractivity contribution in [1.82, 2.24) is 5.32 Å². The summed E-state index contributed by atoms with van der Waals surface area (Å²) in [5, 5.41) is 11.9. The molecule has 0 saturated heterocycles. The Morgan fingerprint density at radius 1 is 1.37 bits per heavy atom. The molecule has 1 N–H and O–H groups in total. The van der Waals surface area contributed by atoms with Gasteiger partial charge in [-0.15, -0.1) is 0 Å². The molecule has 0 bridgehead atoms. The van der Waals surface area contributed by atoms with Crippen molar-refractivity contribution < 1.29 is 13.2 Å². The van der Waals surface area contributed by atoms with Crippen LogP contribution in [0.2, 0.25) is 0 Å². The van der Waals surface area contributed by atoms with Crippen LogP contribution in [0.5, 0.6) is 0 Å². The van der Waals surface area contributed by atoms with Crippen molar-refractivity contribution in [1.29, 1.82) is 5.26 Å². The van der Waals surface area contributed by atoms with E-state index < -0.39 is 9.84 Å². The fraction of sp³-hybridized carbons (Fsp3) is 0.231. The van der Waals surface area contributed by atoms with Gasteiger partial charge in [-0.25, -0.2) is 8.42 Å². The molecule has 0 heterocycles. The van der Waals surface area contributed by atoms with Crippen molar-refractivity contribution in [3.63, 3.8) is 0 Å². The van der Waals surface area contributed by atoms with E-state index in [0.29, 0.717) is 6.42 Å². The molecule has 0 aliphatic rings. The van der Waals surface area contributed by atoms with Crippen molar-refractivity contribution in [3.8, 4) is 6.07 Å². The van der Waals surface area contributed by atoms with Gasteiger partial charge in [0, 0.05) is 6.42 Å². The zero-order chi connectivity index (χ0) is 14.3. The highest BCUT2D eigenvalue weighted by Gasteiger charge is 2.13. The second kappa shape index (κ2) is 6.71. The predicted molar refractivity (Wildman–Crippen MR) is 70.4 cm³/mol. The molecule has 100 valence electrons. The summed E-state index contributed by atoms with van der Waals surface area (Å²) in [4.78, 5) is 11.4. The average Bonchev–Trinajstić information content (AvgIpc) is 2.39. The van der Waals surface area contributed by atoms with Gasteiger partial charge in [-0.05, 0) is 18.6 Å². The van der Waals surface area contributed by atoms with Crippen LogP contribution in [0.4, 0.5) is 0 Å². The van der Waals surface area contributed by atoms with E-state index in [9.17, 15) is 13.2 Å². The van der Waals surface area contributed by atoms with E-state index in [1.54, 1.807) is 24.3 Å². The molecule has 0 atom stereocenters. The first-order valence-electron chi connectivity index (χ1n) is 5.71. The zero-order valence-corrected chi connectivity index (χ0v) is 11.3. The van der Waals surface area contributed by atoms with E-state index >= 15 is 0 Å². The van der Waals surface area contributed by atoms with Gasteiger partial charge < -0.3 is 5.32 Å². The number of amides is 1. The van der Waals surface area contributed by atoms with Crippen molar-refractivity contribution in [2.75, 3.05) is 0 Å². The maximum Gasteiger partial charge on any atom is 0.224 e. The lowest BCUT2D eigenvalue weighted by Gasteiger charge is -2.03. The number of nitrogens with zero attached hydrogens (tertiary/aromatic N) is 1. The van der Waals surface area contributed by atoms with Crippen LogP contribution in [0.3, 0.4) is 0 Å². The van der Waals surface area contributed by atoms with Crippen LogP contribution in [-0.4, -0.2) is 14.3 Å². The summed E-state index contributed by atoms with van der Waals surface area (Å²) < 4.78 is 23.9. The smallest absolute Gasteiger partial charge is 0.224 e. The summed E-state index contributed by atoms with van der Waals surface area (Å²) in [5.41, 5.74) is -0.276. The molecular formula is C13H14N2O3S. The number of nitrogens with one attached hydrogen (secondary N) is 1. The van der Waals surface area contributed by atoms with E-state index in [-0.39, 0.29) is 22.9 Å². The van der Waals surface area contributed by atoms with E-state index in [0.717, 1.165) is 5.41 Å². The minimum atomic E-state index is -3.73. The van der Waals surface area contributed by atoms with Crippen molar-refractivity contribution in [2.24, 2.45) is 0 Å². The molecule has 1 aromatic rings. The molecule has 1 rings (SSSR count). The Hall–Kier alpha value is -2.13. The van der Waals surface area contributed by atoms with Gasteiger partial charge in [0.2, 0.25) is 15.7 Å². The van der Waals surface area contributed by atoms with Gasteiger partial charge in [0.1, 0.15) is 11.8 Å². The first-order valence-corrected chi connectivity index (χ1v) is 7.26. The third-order valence-electron chi connectivity index (χ3n) is 2.22. The summed E-state index contributed by atoms with van der Waals surface area (Å²) in [7, 11) is -3.73. The lowest BCUT2D eigenvalue weighted by atomic mass is 10.3. The third-order valence-corrected chi connectivity index (χ3v) is 3.69. The Bertz CT molecular complexity index is 613. The highest BCUT2D eigenvalue weighted by molar-refractivity contribution is 7.94. The predicted octanol–water partition coefficient (Wildman–Crippen LogP) is 1.74. The minimum Gasteiger partial charge on any atom is -0.317 e.